The van der Waals surface area contributed by atoms with Gasteiger partial charge in [-0.2, -0.15) is 0 Å². The van der Waals surface area contributed by atoms with E-state index in [1.807, 2.05) is 151 Å². The normalized spacial score (nSPS) is 11.8. The highest BCUT2D eigenvalue weighted by molar-refractivity contribution is 7.97. The number of ether oxygens (including phenoxy) is 10. The zero-order chi connectivity index (χ0) is 73.8. The summed E-state index contributed by atoms with van der Waals surface area (Å²) in [6.07, 6.45) is -1.49. The topological polar surface area (TPSA) is 161 Å². The van der Waals surface area contributed by atoms with Crippen molar-refractivity contribution in [1.29, 1.82) is 0 Å². The molecule has 0 atom stereocenters. The lowest BCUT2D eigenvalue weighted by Gasteiger charge is -2.21. The molecule has 0 heterocycles. The van der Waals surface area contributed by atoms with Crippen molar-refractivity contribution in [2.24, 2.45) is 0 Å². The lowest BCUT2D eigenvalue weighted by Crippen LogP contribution is -2.27. The molecular formula is C84H97O14S3+3. The highest BCUT2D eigenvalue weighted by Crippen LogP contribution is 2.37. The van der Waals surface area contributed by atoms with E-state index < -0.39 is 57.5 Å². The number of benzene rings is 9. The molecule has 0 saturated heterocycles. The van der Waals surface area contributed by atoms with Crippen molar-refractivity contribution in [1.82, 2.24) is 0 Å². The van der Waals surface area contributed by atoms with E-state index >= 15 is 0 Å². The zero-order valence-electron chi connectivity index (χ0n) is 61.4. The van der Waals surface area contributed by atoms with Crippen LogP contribution in [-0.4, -0.2) is 71.1 Å². The Morgan fingerprint density at radius 3 is 0.644 bits per heavy atom. The molecule has 0 bridgehead atoms. The monoisotopic (exact) mass is 1430 g/mol. The minimum atomic E-state index is -0.743. The average molecular weight is 1430 g/mol. The molecular weight excluding hydrogens is 1330 g/mol. The van der Waals surface area contributed by atoms with E-state index in [0.29, 0.717) is 23.0 Å². The standard InChI is InChI=1S/C30H35O6S.C28H31O6S.C26H31O2S/c1-29(2,3)35-27(31)20-33-22-12-16-25(17-13-22)37(24-10-8-7-9-11-24)26-18-14-23(15-19-26)34-21-28(32)36-30(4,5)6;1-27(2,3)33-25(29)31-20-12-16-23(17-13-20)35(22-10-8-7-9-11-22)24-18-14-21(15-19-24)32-26(30)34-28(4,5)6;1-25(2,3)27-20-12-16-23(17-13-20)29(22-10-8-7-9-11-22)24-18-14-21(15-19-24)28-26(4,5)6/h7-19H,20-21H2,1-6H3;7-19H,1-6H3;7-19H,1-6H3/q3*+1. The van der Waals surface area contributed by atoms with Crippen LogP contribution in [0.5, 0.6) is 34.5 Å². The molecule has 0 N–H and O–H groups in total. The van der Waals surface area contributed by atoms with Crippen molar-refractivity contribution >= 4 is 56.9 Å². The van der Waals surface area contributed by atoms with Crippen LogP contribution in [0.4, 0.5) is 9.59 Å². The van der Waals surface area contributed by atoms with Gasteiger partial charge in [0.25, 0.3) is 0 Å². The number of rotatable bonds is 19. The van der Waals surface area contributed by atoms with Crippen molar-refractivity contribution in [3.8, 4) is 34.5 Å². The molecule has 0 aromatic heterocycles. The molecule has 14 nitrogen and oxygen atoms in total. The van der Waals surface area contributed by atoms with Crippen LogP contribution >= 0.6 is 0 Å². The zero-order valence-corrected chi connectivity index (χ0v) is 63.8. The first-order valence-electron chi connectivity index (χ1n) is 33.3. The van der Waals surface area contributed by atoms with E-state index in [1.54, 1.807) is 65.8 Å². The van der Waals surface area contributed by atoms with Crippen LogP contribution in [0.15, 0.2) is 281 Å². The Morgan fingerprint density at radius 2 is 0.436 bits per heavy atom. The van der Waals surface area contributed by atoms with E-state index in [1.165, 1.54) is 14.7 Å². The molecule has 9 rings (SSSR count). The third-order valence-electron chi connectivity index (χ3n) is 12.9. The fraction of sp³-hybridized carbons (Fsp3) is 0.310. The Balaban J connectivity index is 0.000000214. The van der Waals surface area contributed by atoms with Gasteiger partial charge in [0.2, 0.25) is 0 Å². The van der Waals surface area contributed by atoms with Gasteiger partial charge in [-0.1, -0.05) is 54.6 Å². The maximum Gasteiger partial charge on any atom is 0.514 e. The summed E-state index contributed by atoms with van der Waals surface area (Å²) in [5.41, 5.74) is -2.77. The second-order valence-corrected chi connectivity index (χ2v) is 35.1. The van der Waals surface area contributed by atoms with E-state index in [4.69, 9.17) is 47.4 Å². The second-order valence-electron chi connectivity index (χ2n) is 29.0. The third kappa shape index (κ3) is 28.3. The van der Waals surface area contributed by atoms with Crippen LogP contribution in [0.1, 0.15) is 125 Å². The molecule has 9 aromatic rings. The Labute approximate surface area is 606 Å². The van der Waals surface area contributed by atoms with E-state index in [0.717, 1.165) is 40.9 Å². The average Bonchev–Trinajstić information content (AvgIpc) is 0.820. The molecule has 0 spiro atoms. The molecule has 0 aliphatic rings. The number of hydrogen-bond donors (Lipinski definition) is 0. The Kier molecular flexibility index (Phi) is 27.7. The number of carbonyl (C=O) groups is 4. The van der Waals surface area contributed by atoms with Gasteiger partial charge in [-0.05, 0) is 307 Å². The molecule has 17 heteroatoms. The first kappa shape index (κ1) is 79.0. The predicted molar refractivity (Wildman–Crippen MR) is 402 cm³/mol. The molecule has 9 aromatic carbocycles. The lowest BCUT2D eigenvalue weighted by atomic mass is 10.2. The maximum absolute atomic E-state index is 12.0. The summed E-state index contributed by atoms with van der Waals surface area (Å²) in [5.74, 6) is 2.97. The van der Waals surface area contributed by atoms with Gasteiger partial charge in [-0.3, -0.25) is 0 Å². The van der Waals surface area contributed by atoms with Crippen molar-refractivity contribution in [2.45, 2.75) is 202 Å². The highest BCUT2D eigenvalue weighted by Gasteiger charge is 2.33. The maximum atomic E-state index is 12.0. The van der Waals surface area contributed by atoms with Crippen LogP contribution in [0, 0.1) is 0 Å². The molecule has 0 fully saturated rings. The largest absolute Gasteiger partial charge is 0.514 e. The smallest absolute Gasteiger partial charge is 0.488 e. The summed E-state index contributed by atoms with van der Waals surface area (Å²) < 4.78 is 54.9. The van der Waals surface area contributed by atoms with E-state index in [2.05, 4.69) is 145 Å². The van der Waals surface area contributed by atoms with Crippen LogP contribution in [0.25, 0.3) is 0 Å². The summed E-state index contributed by atoms with van der Waals surface area (Å²) in [6.45, 7) is 33.8. The summed E-state index contributed by atoms with van der Waals surface area (Å²) in [4.78, 5) is 58.3. The van der Waals surface area contributed by atoms with Crippen molar-refractivity contribution in [3.05, 3.63) is 237 Å². The minimum absolute atomic E-state index is 0.147. The van der Waals surface area contributed by atoms with Gasteiger partial charge in [0.1, 0.15) is 68.1 Å². The predicted octanol–water partition coefficient (Wildman–Crippen LogP) is 20.8. The van der Waals surface area contributed by atoms with Gasteiger partial charge in [-0.15, -0.1) is 0 Å². The summed E-state index contributed by atoms with van der Waals surface area (Å²) in [6, 6.07) is 78.2. The third-order valence-corrected chi connectivity index (χ3v) is 19.6. The van der Waals surface area contributed by atoms with Gasteiger partial charge in [-0.25, -0.2) is 19.2 Å². The molecule has 0 aliphatic heterocycles. The second kappa shape index (κ2) is 35.3. The molecule has 0 aliphatic carbocycles. The van der Waals surface area contributed by atoms with Crippen molar-refractivity contribution in [3.63, 3.8) is 0 Å². The van der Waals surface area contributed by atoms with Crippen molar-refractivity contribution < 1.29 is 66.5 Å². The minimum Gasteiger partial charge on any atom is -0.488 e. The molecule has 0 unspecified atom stereocenters. The fourth-order valence-electron chi connectivity index (χ4n) is 9.28. The molecule has 0 saturated carbocycles. The van der Waals surface area contributed by atoms with Crippen LogP contribution < -0.4 is 28.4 Å². The van der Waals surface area contributed by atoms with Gasteiger partial charge in [0, 0.05) is 0 Å². The first-order valence-corrected chi connectivity index (χ1v) is 36.9. The quantitative estimate of drug-likeness (QED) is 0.0325. The first-order chi connectivity index (χ1) is 47.4. The Bertz CT molecular complexity index is 3830. The highest BCUT2D eigenvalue weighted by atomic mass is 32.2. The molecule has 0 amide bonds. The van der Waals surface area contributed by atoms with E-state index in [-0.39, 0.29) is 46.2 Å². The van der Waals surface area contributed by atoms with Gasteiger partial charge < -0.3 is 47.4 Å². The summed E-state index contributed by atoms with van der Waals surface area (Å²) in [5, 5.41) is 0. The van der Waals surface area contributed by atoms with Crippen LogP contribution in [0.3, 0.4) is 0 Å². The molecule has 101 heavy (non-hydrogen) atoms. The Hall–Kier alpha value is -9.29. The Morgan fingerprint density at radius 1 is 0.238 bits per heavy atom. The lowest BCUT2D eigenvalue weighted by molar-refractivity contribution is -0.158. The van der Waals surface area contributed by atoms with Gasteiger partial charge in [0.15, 0.2) is 57.3 Å². The molecule has 0 radical (unpaired) electrons. The number of esters is 2. The SMILES string of the molecule is CC(C)(C)OC(=O)COc1ccc([S+](c2ccccc2)c2ccc(OCC(=O)OC(C)(C)C)cc2)cc1.CC(C)(C)OC(=O)Oc1ccc([S+](c2ccccc2)c2ccc(OC(=O)OC(C)(C)C)cc2)cc1.CC(C)(C)Oc1ccc([S+](c2ccccc2)c2ccc(OC(C)(C)C)cc2)cc1. The van der Waals surface area contributed by atoms with E-state index in [9.17, 15) is 19.2 Å². The number of hydrogen-bond acceptors (Lipinski definition) is 14. The summed E-state index contributed by atoms with van der Waals surface area (Å²) in [7, 11) is -0.998. The number of carbonyl (C=O) groups excluding carboxylic acids is 4. The molecule has 532 valence electrons. The van der Waals surface area contributed by atoms with Crippen LogP contribution in [-0.2, 0) is 61.2 Å². The fourth-order valence-corrected chi connectivity index (χ4v) is 15.5. The van der Waals surface area contributed by atoms with Gasteiger partial charge >= 0.3 is 24.2 Å². The summed E-state index contributed by atoms with van der Waals surface area (Å²) >= 11 is 0. The van der Waals surface area contributed by atoms with Crippen LogP contribution in [0.2, 0.25) is 0 Å². The van der Waals surface area contributed by atoms with Crippen molar-refractivity contribution in [2.75, 3.05) is 13.2 Å². The van der Waals surface area contributed by atoms with Gasteiger partial charge in [0.05, 0.1) is 32.7 Å².